The smallest absolute Gasteiger partial charge is 0.00489 e. The molecule has 0 aromatic rings. The number of allylic oxidation sites excluding steroid dienone is 2. The predicted octanol–water partition coefficient (Wildman–Crippen LogP) is 15.4. The second kappa shape index (κ2) is 34.8. The second-order valence-corrected chi connectivity index (χ2v) is 15.4. The number of rotatable bonds is 27. The molecule has 1 rings (SSSR count). The van der Waals surface area contributed by atoms with Gasteiger partial charge >= 0.3 is 0 Å². The van der Waals surface area contributed by atoms with Crippen LogP contribution in [0.2, 0.25) is 0 Å². The minimum atomic E-state index is 0.920. The lowest BCUT2D eigenvalue weighted by Gasteiger charge is -2.18. The number of nitrogens with one attached hydrogen (secondary N) is 1. The molecule has 0 radical (unpaired) electrons. The largest absolute Gasteiger partial charge is 0.317 e. The SMILES string of the molecule is C=C(CCCCCCCCCC)CCCCCCCNCCCCCCCC(=C)CC1CCCCCCCCCCCCCC1. The van der Waals surface area contributed by atoms with Crippen molar-refractivity contribution >= 4 is 0 Å². The summed E-state index contributed by atoms with van der Waals surface area (Å²) in [6, 6.07) is 0. The molecule has 0 heterocycles. The maximum Gasteiger partial charge on any atom is -0.00489 e. The Kier molecular flexibility index (Phi) is 32.8. The fourth-order valence-corrected chi connectivity index (χ4v) is 7.56. The van der Waals surface area contributed by atoms with E-state index in [1.54, 1.807) is 5.57 Å². The molecular formula is C44H85N. The Morgan fingerprint density at radius 2 is 0.756 bits per heavy atom. The molecule has 1 fully saturated rings. The number of hydrogen-bond acceptors (Lipinski definition) is 1. The molecule has 0 amide bonds. The monoisotopic (exact) mass is 628 g/mol. The van der Waals surface area contributed by atoms with Crippen LogP contribution in [0, 0.1) is 5.92 Å². The van der Waals surface area contributed by atoms with Crippen molar-refractivity contribution in [2.75, 3.05) is 13.1 Å². The van der Waals surface area contributed by atoms with Crippen LogP contribution < -0.4 is 5.32 Å². The summed E-state index contributed by atoms with van der Waals surface area (Å²) in [5.74, 6) is 0.920. The zero-order chi connectivity index (χ0) is 32.3. The van der Waals surface area contributed by atoms with Crippen molar-refractivity contribution in [1.82, 2.24) is 5.32 Å². The van der Waals surface area contributed by atoms with E-state index in [-0.39, 0.29) is 0 Å². The fourth-order valence-electron chi connectivity index (χ4n) is 7.56. The predicted molar refractivity (Wildman–Crippen MR) is 207 cm³/mol. The first kappa shape index (κ1) is 42.5. The van der Waals surface area contributed by atoms with Crippen molar-refractivity contribution in [3.63, 3.8) is 0 Å². The van der Waals surface area contributed by atoms with Crippen molar-refractivity contribution in [1.29, 1.82) is 0 Å². The minimum Gasteiger partial charge on any atom is -0.317 e. The quantitative estimate of drug-likeness (QED) is 0.0705. The highest BCUT2D eigenvalue weighted by Gasteiger charge is 2.11. The van der Waals surface area contributed by atoms with Gasteiger partial charge in [-0.25, -0.2) is 0 Å². The second-order valence-electron chi connectivity index (χ2n) is 15.4. The molecule has 1 aliphatic rings. The van der Waals surface area contributed by atoms with E-state index in [0.29, 0.717) is 0 Å². The third-order valence-electron chi connectivity index (χ3n) is 10.7. The van der Waals surface area contributed by atoms with E-state index in [0.717, 1.165) is 5.92 Å². The molecule has 1 nitrogen and oxygen atoms in total. The third kappa shape index (κ3) is 31.8. The van der Waals surface area contributed by atoms with Gasteiger partial charge in [-0.05, 0) is 76.8 Å². The van der Waals surface area contributed by atoms with E-state index >= 15 is 0 Å². The van der Waals surface area contributed by atoms with Gasteiger partial charge in [0.2, 0.25) is 0 Å². The molecule has 1 N–H and O–H groups in total. The van der Waals surface area contributed by atoms with Gasteiger partial charge in [0.1, 0.15) is 0 Å². The lowest BCUT2D eigenvalue weighted by molar-refractivity contribution is 0.397. The summed E-state index contributed by atoms with van der Waals surface area (Å²) >= 11 is 0. The molecule has 266 valence electrons. The van der Waals surface area contributed by atoms with Crippen LogP contribution in [0.4, 0.5) is 0 Å². The highest BCUT2D eigenvalue weighted by Crippen LogP contribution is 2.27. The van der Waals surface area contributed by atoms with Crippen LogP contribution in [0.25, 0.3) is 0 Å². The van der Waals surface area contributed by atoms with Crippen LogP contribution in [-0.4, -0.2) is 13.1 Å². The van der Waals surface area contributed by atoms with E-state index in [1.165, 1.54) is 250 Å². The zero-order valence-electron chi connectivity index (χ0n) is 31.4. The molecule has 1 aliphatic carbocycles. The molecule has 0 atom stereocenters. The van der Waals surface area contributed by atoms with Crippen LogP contribution in [0.5, 0.6) is 0 Å². The number of unbranched alkanes of at least 4 members (excludes halogenated alkanes) is 15. The van der Waals surface area contributed by atoms with E-state index < -0.39 is 0 Å². The Bertz CT molecular complexity index is 604. The Hall–Kier alpha value is -0.560. The van der Waals surface area contributed by atoms with Gasteiger partial charge < -0.3 is 5.32 Å². The van der Waals surface area contributed by atoms with Crippen LogP contribution in [0.3, 0.4) is 0 Å². The van der Waals surface area contributed by atoms with Crippen LogP contribution in [-0.2, 0) is 0 Å². The van der Waals surface area contributed by atoms with Crippen molar-refractivity contribution in [3.8, 4) is 0 Å². The van der Waals surface area contributed by atoms with Crippen molar-refractivity contribution < 1.29 is 0 Å². The first-order valence-electron chi connectivity index (χ1n) is 21.3. The van der Waals surface area contributed by atoms with Gasteiger partial charge in [0, 0.05) is 0 Å². The molecule has 0 unspecified atom stereocenters. The number of hydrogen-bond donors (Lipinski definition) is 1. The highest BCUT2D eigenvalue weighted by atomic mass is 14.8. The van der Waals surface area contributed by atoms with Gasteiger partial charge in [0.05, 0.1) is 0 Å². The molecule has 0 aliphatic heterocycles. The van der Waals surface area contributed by atoms with Gasteiger partial charge in [0.15, 0.2) is 0 Å². The molecule has 45 heavy (non-hydrogen) atoms. The average Bonchev–Trinajstić information content (AvgIpc) is 3.04. The summed E-state index contributed by atoms with van der Waals surface area (Å²) < 4.78 is 0. The summed E-state index contributed by atoms with van der Waals surface area (Å²) in [5, 5.41) is 3.70. The van der Waals surface area contributed by atoms with Gasteiger partial charge in [-0.1, -0.05) is 205 Å². The molecule has 0 saturated heterocycles. The molecule has 1 heteroatoms. The van der Waals surface area contributed by atoms with E-state index in [1.807, 2.05) is 0 Å². The van der Waals surface area contributed by atoms with Crippen molar-refractivity contribution in [2.45, 2.75) is 238 Å². The van der Waals surface area contributed by atoms with Crippen molar-refractivity contribution in [2.24, 2.45) is 5.92 Å². The maximum atomic E-state index is 4.54. The first-order valence-corrected chi connectivity index (χ1v) is 21.3. The maximum absolute atomic E-state index is 4.54. The summed E-state index contributed by atoms with van der Waals surface area (Å²) in [5.41, 5.74) is 3.07. The first-order chi connectivity index (χ1) is 22.2. The minimum absolute atomic E-state index is 0.920. The highest BCUT2D eigenvalue weighted by molar-refractivity contribution is 4.96. The molecule has 0 aromatic carbocycles. The zero-order valence-corrected chi connectivity index (χ0v) is 31.4. The van der Waals surface area contributed by atoms with E-state index in [2.05, 4.69) is 25.4 Å². The Balaban J connectivity index is 1.87. The lowest BCUT2D eigenvalue weighted by Crippen LogP contribution is -2.16. The van der Waals surface area contributed by atoms with E-state index in [4.69, 9.17) is 0 Å². The van der Waals surface area contributed by atoms with Gasteiger partial charge in [0.25, 0.3) is 0 Å². The summed E-state index contributed by atoms with van der Waals surface area (Å²) in [4.78, 5) is 0. The van der Waals surface area contributed by atoms with Gasteiger partial charge in [-0.2, -0.15) is 0 Å². The third-order valence-corrected chi connectivity index (χ3v) is 10.7. The summed E-state index contributed by atoms with van der Waals surface area (Å²) in [6.45, 7) is 13.6. The standard InChI is InChI=1S/C44H85N/c1-4-5-6-7-8-15-20-27-34-42(2)35-28-21-18-25-32-39-45-40-33-26-19-22-29-36-43(3)41-44-37-30-23-16-13-11-9-10-12-14-17-24-31-38-44/h44-45H,2-41H2,1H3. The Morgan fingerprint density at radius 3 is 1.18 bits per heavy atom. The fraction of sp³-hybridized carbons (Fsp3) is 0.909. The molecule has 1 saturated carbocycles. The van der Waals surface area contributed by atoms with Gasteiger partial charge in [-0.3, -0.25) is 0 Å². The van der Waals surface area contributed by atoms with E-state index in [9.17, 15) is 0 Å². The molecule has 0 spiro atoms. The average molecular weight is 628 g/mol. The van der Waals surface area contributed by atoms with Crippen LogP contribution in [0.15, 0.2) is 24.3 Å². The topological polar surface area (TPSA) is 12.0 Å². The molecular weight excluding hydrogens is 542 g/mol. The van der Waals surface area contributed by atoms with Crippen molar-refractivity contribution in [3.05, 3.63) is 24.3 Å². The summed E-state index contributed by atoms with van der Waals surface area (Å²) in [7, 11) is 0. The summed E-state index contributed by atoms with van der Waals surface area (Å²) in [6.07, 6.45) is 50.9. The van der Waals surface area contributed by atoms with Crippen LogP contribution >= 0.6 is 0 Å². The Labute approximate surface area is 286 Å². The van der Waals surface area contributed by atoms with Gasteiger partial charge in [-0.15, -0.1) is 0 Å². The molecule has 0 bridgehead atoms. The Morgan fingerprint density at radius 1 is 0.422 bits per heavy atom. The lowest BCUT2D eigenvalue weighted by atomic mass is 9.87. The van der Waals surface area contributed by atoms with Crippen LogP contribution in [0.1, 0.15) is 238 Å². The molecule has 0 aromatic heterocycles. The normalized spacial score (nSPS) is 16.3.